The highest BCUT2D eigenvalue weighted by molar-refractivity contribution is 5.94. The van der Waals surface area contributed by atoms with Gasteiger partial charge in [-0.15, -0.1) is 0 Å². The van der Waals surface area contributed by atoms with Crippen molar-refractivity contribution in [3.8, 4) is 16.9 Å². The maximum absolute atomic E-state index is 12.2. The number of benzene rings is 1. The fraction of sp³-hybridized carbons (Fsp3) is 0.391. The molecule has 1 aliphatic heterocycles. The Kier molecular flexibility index (Phi) is 6.89. The summed E-state index contributed by atoms with van der Waals surface area (Å²) in [6.45, 7) is 1.61. The van der Waals surface area contributed by atoms with E-state index in [1.807, 2.05) is 25.2 Å². The van der Waals surface area contributed by atoms with E-state index in [0.29, 0.717) is 19.6 Å². The van der Waals surface area contributed by atoms with Crippen molar-refractivity contribution in [2.45, 2.75) is 31.7 Å². The van der Waals surface area contributed by atoms with Crippen molar-refractivity contribution in [3.63, 3.8) is 0 Å². The molecule has 2 aromatic heterocycles. The quantitative estimate of drug-likeness (QED) is 0.423. The third kappa shape index (κ3) is 5.08. The number of aromatic nitrogens is 3. The number of hydrogen-bond acceptors (Lipinski definition) is 8. The summed E-state index contributed by atoms with van der Waals surface area (Å²) in [5.41, 5.74) is 3.49. The molecule has 1 saturated heterocycles. The van der Waals surface area contributed by atoms with Crippen molar-refractivity contribution in [1.82, 2.24) is 20.3 Å². The number of hydrogen-bond donors (Lipinski definition) is 2. The van der Waals surface area contributed by atoms with Gasteiger partial charge < -0.3 is 20.1 Å². The van der Waals surface area contributed by atoms with Crippen LogP contribution in [0.1, 0.15) is 25.7 Å². The zero-order valence-electron chi connectivity index (χ0n) is 17.6. The van der Waals surface area contributed by atoms with Crippen molar-refractivity contribution < 1.29 is 14.3 Å². The highest BCUT2D eigenvalue weighted by Crippen LogP contribution is 2.37. The molecule has 0 saturated carbocycles. The summed E-state index contributed by atoms with van der Waals surface area (Å²) in [7, 11) is 1.85. The van der Waals surface area contributed by atoms with E-state index < -0.39 is 0 Å². The van der Waals surface area contributed by atoms with Crippen LogP contribution in [0.15, 0.2) is 43.1 Å². The molecule has 8 nitrogen and oxygen atoms in total. The van der Waals surface area contributed by atoms with Crippen LogP contribution in [0.2, 0.25) is 0 Å². The minimum absolute atomic E-state index is 0.171. The number of nitrogens with one attached hydrogen (secondary N) is 2. The second-order valence-electron chi connectivity index (χ2n) is 7.48. The van der Waals surface area contributed by atoms with Crippen molar-refractivity contribution in [1.29, 1.82) is 0 Å². The Hall–Kier alpha value is -3.26. The van der Waals surface area contributed by atoms with E-state index in [1.165, 1.54) is 6.33 Å². The molecule has 1 aliphatic rings. The van der Waals surface area contributed by atoms with Crippen LogP contribution in [0.25, 0.3) is 22.0 Å². The van der Waals surface area contributed by atoms with Crippen LogP contribution in [-0.4, -0.2) is 53.8 Å². The molecule has 3 heterocycles. The summed E-state index contributed by atoms with van der Waals surface area (Å²) in [4.78, 5) is 24.9. The maximum atomic E-state index is 12.2. The van der Waals surface area contributed by atoms with Crippen molar-refractivity contribution in [2.24, 2.45) is 0 Å². The Morgan fingerprint density at radius 3 is 2.84 bits per heavy atom. The highest BCUT2D eigenvalue weighted by atomic mass is 16.5. The number of nitrogens with zero attached hydrogens (tertiary/aromatic N) is 3. The molecule has 0 spiro atoms. The van der Waals surface area contributed by atoms with Crippen LogP contribution in [0.5, 0.6) is 5.75 Å². The average molecular weight is 422 g/mol. The predicted molar refractivity (Wildman–Crippen MR) is 119 cm³/mol. The standard InChI is InChI=1S/C23H27N5O3/c1-24-17-11-19-20(28-14-17)7-6-18(16-12-25-15-26-13-16)22(19)30-9-4-10-31-23(29)21-5-2-3-8-27-21/h6-7,11-15,21,24,27H,2-5,8-10H2,1H3/t21-/m0/s1. The van der Waals surface area contributed by atoms with Gasteiger partial charge >= 0.3 is 5.97 Å². The number of esters is 1. The molecule has 4 rings (SSSR count). The van der Waals surface area contributed by atoms with Gasteiger partial charge in [-0.2, -0.15) is 0 Å². The molecule has 0 bridgehead atoms. The number of rotatable bonds is 8. The van der Waals surface area contributed by atoms with Gasteiger partial charge in [-0.3, -0.25) is 9.78 Å². The maximum Gasteiger partial charge on any atom is 0.323 e. The van der Waals surface area contributed by atoms with Gasteiger partial charge in [0.15, 0.2) is 0 Å². The topological polar surface area (TPSA) is 98.3 Å². The molecule has 1 fully saturated rings. The first-order valence-electron chi connectivity index (χ1n) is 10.6. The summed E-state index contributed by atoms with van der Waals surface area (Å²) in [5.74, 6) is 0.548. The molecule has 1 atom stereocenters. The molecular formula is C23H27N5O3. The SMILES string of the molecule is CNc1cnc2ccc(-c3cncnc3)c(OCCCOC(=O)[C@@H]3CCCCN3)c2c1. The number of fused-ring (bicyclic) bond motifs is 1. The Morgan fingerprint density at radius 1 is 1.19 bits per heavy atom. The van der Waals surface area contributed by atoms with E-state index in [9.17, 15) is 4.79 Å². The van der Waals surface area contributed by atoms with Crippen LogP contribution < -0.4 is 15.4 Å². The molecule has 2 N–H and O–H groups in total. The number of pyridine rings is 1. The van der Waals surface area contributed by atoms with Gasteiger partial charge in [-0.25, -0.2) is 9.97 Å². The molecule has 0 radical (unpaired) electrons. The minimum Gasteiger partial charge on any atom is -0.492 e. The normalized spacial score (nSPS) is 16.1. The smallest absolute Gasteiger partial charge is 0.323 e. The van der Waals surface area contributed by atoms with Crippen molar-refractivity contribution in [3.05, 3.63) is 43.1 Å². The number of carbonyl (C=O) groups is 1. The van der Waals surface area contributed by atoms with E-state index in [2.05, 4.69) is 25.6 Å². The van der Waals surface area contributed by atoms with Gasteiger partial charge in [0.2, 0.25) is 0 Å². The first kappa shape index (κ1) is 21.0. The Bertz CT molecular complexity index is 1020. The van der Waals surface area contributed by atoms with Crippen LogP contribution in [0.4, 0.5) is 5.69 Å². The van der Waals surface area contributed by atoms with E-state index in [0.717, 1.165) is 59.3 Å². The Balaban J connectivity index is 1.46. The molecule has 0 unspecified atom stereocenters. The molecule has 3 aromatic rings. The number of carbonyl (C=O) groups excluding carboxylic acids is 1. The molecule has 162 valence electrons. The van der Waals surface area contributed by atoms with Gasteiger partial charge in [0.25, 0.3) is 0 Å². The summed E-state index contributed by atoms with van der Waals surface area (Å²) in [6, 6.07) is 5.77. The van der Waals surface area contributed by atoms with Crippen molar-refractivity contribution >= 4 is 22.6 Å². The van der Waals surface area contributed by atoms with Gasteiger partial charge in [0, 0.05) is 42.4 Å². The van der Waals surface area contributed by atoms with Gasteiger partial charge in [-0.05, 0) is 37.6 Å². The third-order valence-electron chi connectivity index (χ3n) is 5.35. The molecule has 1 aromatic carbocycles. The average Bonchev–Trinajstić information content (AvgIpc) is 2.84. The lowest BCUT2D eigenvalue weighted by molar-refractivity contribution is -0.147. The third-order valence-corrected chi connectivity index (χ3v) is 5.35. The van der Waals surface area contributed by atoms with Gasteiger partial charge in [-0.1, -0.05) is 6.42 Å². The lowest BCUT2D eigenvalue weighted by Crippen LogP contribution is -2.41. The van der Waals surface area contributed by atoms with Gasteiger partial charge in [0.1, 0.15) is 18.1 Å². The fourth-order valence-electron chi connectivity index (χ4n) is 3.69. The highest BCUT2D eigenvalue weighted by Gasteiger charge is 2.21. The zero-order chi connectivity index (χ0) is 21.5. The number of anilines is 1. The zero-order valence-corrected chi connectivity index (χ0v) is 17.6. The summed E-state index contributed by atoms with van der Waals surface area (Å²) >= 11 is 0. The van der Waals surface area contributed by atoms with Gasteiger partial charge in [0.05, 0.1) is 30.6 Å². The number of piperidine rings is 1. The second-order valence-corrected chi connectivity index (χ2v) is 7.48. The van der Waals surface area contributed by atoms with Crippen LogP contribution in [-0.2, 0) is 9.53 Å². The lowest BCUT2D eigenvalue weighted by atomic mass is 10.0. The Labute approximate surface area is 181 Å². The minimum atomic E-state index is -0.177. The molecule has 0 aliphatic carbocycles. The van der Waals surface area contributed by atoms with Crippen molar-refractivity contribution in [2.75, 3.05) is 32.1 Å². The molecule has 8 heteroatoms. The van der Waals surface area contributed by atoms with E-state index >= 15 is 0 Å². The monoisotopic (exact) mass is 421 g/mol. The molecule has 31 heavy (non-hydrogen) atoms. The Morgan fingerprint density at radius 2 is 2.06 bits per heavy atom. The van der Waals surface area contributed by atoms with Crippen LogP contribution >= 0.6 is 0 Å². The van der Waals surface area contributed by atoms with E-state index in [-0.39, 0.29) is 12.0 Å². The van der Waals surface area contributed by atoms with Crippen LogP contribution in [0.3, 0.4) is 0 Å². The number of ether oxygens (including phenoxy) is 2. The lowest BCUT2D eigenvalue weighted by Gasteiger charge is -2.21. The largest absolute Gasteiger partial charge is 0.492 e. The second kappa shape index (κ2) is 10.2. The molecular weight excluding hydrogens is 394 g/mol. The van der Waals surface area contributed by atoms with Crippen LogP contribution in [0, 0.1) is 0 Å². The first-order chi connectivity index (χ1) is 15.3. The van der Waals surface area contributed by atoms with E-state index in [1.54, 1.807) is 18.6 Å². The predicted octanol–water partition coefficient (Wildman–Crippen LogP) is 3.19. The molecule has 0 amide bonds. The summed E-state index contributed by atoms with van der Waals surface area (Å²) < 4.78 is 11.6. The summed E-state index contributed by atoms with van der Waals surface area (Å²) in [6.07, 6.45) is 10.4. The van der Waals surface area contributed by atoms with E-state index in [4.69, 9.17) is 9.47 Å². The fourth-order valence-corrected chi connectivity index (χ4v) is 3.69. The summed E-state index contributed by atoms with van der Waals surface area (Å²) in [5, 5.41) is 7.23. The first-order valence-corrected chi connectivity index (χ1v) is 10.6.